The third-order valence-corrected chi connectivity index (χ3v) is 3.52. The Balaban J connectivity index is 2.04. The summed E-state index contributed by atoms with van der Waals surface area (Å²) in [6.07, 6.45) is 10.2. The van der Waals surface area contributed by atoms with Gasteiger partial charge in [0.2, 0.25) is 0 Å². The smallest absolute Gasteiger partial charge is 0.329 e. The zero-order valence-corrected chi connectivity index (χ0v) is 9.61. The lowest BCUT2D eigenvalue weighted by Crippen LogP contribution is -2.33. The number of nitrogens with one attached hydrogen (secondary N) is 1. The van der Waals surface area contributed by atoms with Crippen molar-refractivity contribution >= 4 is 8.56 Å². The molecule has 3 N–H and O–H groups in total. The normalized spacial score (nSPS) is 21.5. The quantitative estimate of drug-likeness (QED) is 0.470. The van der Waals surface area contributed by atoms with Crippen molar-refractivity contribution in [2.24, 2.45) is 0 Å². The van der Waals surface area contributed by atoms with E-state index in [1.165, 1.54) is 0 Å². The van der Waals surface area contributed by atoms with Crippen LogP contribution in [0.25, 0.3) is 0 Å². The summed E-state index contributed by atoms with van der Waals surface area (Å²) in [5.41, 5.74) is 0. The van der Waals surface area contributed by atoms with Gasteiger partial charge in [-0.15, -0.1) is 0 Å². The second-order valence-electron chi connectivity index (χ2n) is 3.93. The first-order valence-corrected chi connectivity index (χ1v) is 7.69. The SMILES string of the molecule is C[Si](O)(O)CCCNC1C=CC=CC1. The summed E-state index contributed by atoms with van der Waals surface area (Å²) in [6, 6.07) is 0.969. The summed E-state index contributed by atoms with van der Waals surface area (Å²) >= 11 is 0. The Kier molecular flexibility index (Phi) is 4.54. The maximum Gasteiger partial charge on any atom is 0.329 e. The van der Waals surface area contributed by atoms with E-state index in [2.05, 4.69) is 17.5 Å². The fourth-order valence-corrected chi connectivity index (χ4v) is 2.29. The third-order valence-electron chi connectivity index (χ3n) is 2.21. The van der Waals surface area contributed by atoms with Gasteiger partial charge in [-0.25, -0.2) is 0 Å². The van der Waals surface area contributed by atoms with Gasteiger partial charge in [0, 0.05) is 6.04 Å². The van der Waals surface area contributed by atoms with E-state index in [9.17, 15) is 9.59 Å². The average Bonchev–Trinajstić information content (AvgIpc) is 2.13. The van der Waals surface area contributed by atoms with Gasteiger partial charge in [-0.05, 0) is 32.0 Å². The van der Waals surface area contributed by atoms with Crippen LogP contribution >= 0.6 is 0 Å². The molecular weight excluding hydrogens is 194 g/mol. The van der Waals surface area contributed by atoms with Crippen molar-refractivity contribution in [3.05, 3.63) is 24.3 Å². The van der Waals surface area contributed by atoms with E-state index < -0.39 is 8.56 Å². The highest BCUT2D eigenvalue weighted by molar-refractivity contribution is 6.63. The molecule has 1 rings (SSSR count). The van der Waals surface area contributed by atoms with Crippen LogP contribution < -0.4 is 5.32 Å². The van der Waals surface area contributed by atoms with Gasteiger partial charge < -0.3 is 14.9 Å². The lowest BCUT2D eigenvalue weighted by molar-refractivity contribution is 0.366. The second kappa shape index (κ2) is 5.46. The highest BCUT2D eigenvalue weighted by Gasteiger charge is 2.19. The Bertz CT molecular complexity index is 221. The second-order valence-corrected chi connectivity index (χ2v) is 6.86. The molecule has 1 atom stereocenters. The molecule has 0 spiro atoms. The number of allylic oxidation sites excluding steroid dienone is 2. The fourth-order valence-electron chi connectivity index (χ4n) is 1.44. The van der Waals surface area contributed by atoms with Gasteiger partial charge in [-0.3, -0.25) is 0 Å². The van der Waals surface area contributed by atoms with Crippen molar-refractivity contribution < 1.29 is 9.59 Å². The average molecular weight is 213 g/mol. The van der Waals surface area contributed by atoms with Crippen molar-refractivity contribution in [3.8, 4) is 0 Å². The third kappa shape index (κ3) is 5.34. The summed E-state index contributed by atoms with van der Waals surface area (Å²) in [6.45, 7) is 2.41. The molecule has 14 heavy (non-hydrogen) atoms. The number of rotatable bonds is 5. The Morgan fingerprint density at radius 1 is 1.43 bits per heavy atom. The van der Waals surface area contributed by atoms with Gasteiger partial charge >= 0.3 is 8.56 Å². The van der Waals surface area contributed by atoms with Gasteiger partial charge in [0.15, 0.2) is 0 Å². The molecule has 1 aliphatic rings. The van der Waals surface area contributed by atoms with Crippen molar-refractivity contribution in [3.63, 3.8) is 0 Å². The summed E-state index contributed by atoms with van der Waals surface area (Å²) in [5.74, 6) is 0. The minimum atomic E-state index is -2.82. The molecular formula is C10H19NO2Si. The number of hydrogen-bond donors (Lipinski definition) is 3. The molecule has 4 heteroatoms. The molecule has 0 fully saturated rings. The van der Waals surface area contributed by atoms with Crippen LogP contribution in [0.4, 0.5) is 0 Å². The van der Waals surface area contributed by atoms with E-state index in [4.69, 9.17) is 0 Å². The molecule has 0 bridgehead atoms. The minimum absolute atomic E-state index is 0.422. The van der Waals surface area contributed by atoms with Crippen LogP contribution in [0.15, 0.2) is 24.3 Å². The van der Waals surface area contributed by atoms with Crippen molar-refractivity contribution in [2.45, 2.75) is 31.5 Å². The zero-order chi connectivity index (χ0) is 10.4. The lowest BCUT2D eigenvalue weighted by Gasteiger charge is -2.16. The van der Waals surface area contributed by atoms with Crippen LogP contribution in [-0.2, 0) is 0 Å². The Morgan fingerprint density at radius 3 is 2.79 bits per heavy atom. The highest BCUT2D eigenvalue weighted by Crippen LogP contribution is 2.05. The molecule has 0 saturated carbocycles. The van der Waals surface area contributed by atoms with E-state index in [0.29, 0.717) is 12.1 Å². The summed E-state index contributed by atoms with van der Waals surface area (Å²) in [5, 5.41) is 3.36. The van der Waals surface area contributed by atoms with Crippen molar-refractivity contribution in [1.82, 2.24) is 5.32 Å². The Morgan fingerprint density at radius 2 is 2.21 bits per heavy atom. The largest absolute Gasteiger partial charge is 0.411 e. The summed E-state index contributed by atoms with van der Waals surface area (Å²) in [4.78, 5) is 18.4. The molecule has 0 aliphatic heterocycles. The molecule has 0 aromatic rings. The topological polar surface area (TPSA) is 52.5 Å². The molecule has 1 aliphatic carbocycles. The standard InChI is InChI=1S/C10H19NO2Si/c1-14(12,13)9-5-8-11-10-6-3-2-4-7-10/h2-4,6,10-13H,5,7-9H2,1H3. The summed E-state index contributed by atoms with van der Waals surface area (Å²) < 4.78 is 0. The zero-order valence-electron chi connectivity index (χ0n) is 8.61. The van der Waals surface area contributed by atoms with Crippen LogP contribution in [0.5, 0.6) is 0 Å². The molecule has 0 radical (unpaired) electrons. The molecule has 0 amide bonds. The maximum absolute atomic E-state index is 9.20. The summed E-state index contributed by atoms with van der Waals surface area (Å²) in [7, 11) is -2.82. The van der Waals surface area contributed by atoms with E-state index in [-0.39, 0.29) is 0 Å². The minimum Gasteiger partial charge on any atom is -0.411 e. The van der Waals surface area contributed by atoms with Gasteiger partial charge in [-0.2, -0.15) is 0 Å². The monoisotopic (exact) mass is 213 g/mol. The lowest BCUT2D eigenvalue weighted by atomic mass is 10.1. The first-order chi connectivity index (χ1) is 6.58. The molecule has 3 nitrogen and oxygen atoms in total. The number of hydrogen-bond acceptors (Lipinski definition) is 3. The highest BCUT2D eigenvalue weighted by atomic mass is 28.4. The molecule has 0 aromatic heterocycles. The molecule has 1 unspecified atom stereocenters. The van der Waals surface area contributed by atoms with Crippen LogP contribution in [0.2, 0.25) is 12.6 Å². The first-order valence-electron chi connectivity index (χ1n) is 5.09. The fraction of sp³-hybridized carbons (Fsp3) is 0.600. The van der Waals surface area contributed by atoms with E-state index in [0.717, 1.165) is 19.4 Å². The maximum atomic E-state index is 9.20. The predicted octanol–water partition coefficient (Wildman–Crippen LogP) is 0.907. The van der Waals surface area contributed by atoms with Crippen molar-refractivity contribution in [2.75, 3.05) is 6.54 Å². The van der Waals surface area contributed by atoms with Gasteiger partial charge in [-0.1, -0.05) is 24.3 Å². The van der Waals surface area contributed by atoms with E-state index >= 15 is 0 Å². The van der Waals surface area contributed by atoms with Crippen molar-refractivity contribution in [1.29, 1.82) is 0 Å². The van der Waals surface area contributed by atoms with E-state index in [1.807, 2.05) is 12.2 Å². The molecule has 0 aromatic carbocycles. The van der Waals surface area contributed by atoms with Crippen LogP contribution in [-0.4, -0.2) is 30.7 Å². The molecule has 80 valence electrons. The van der Waals surface area contributed by atoms with Gasteiger partial charge in [0.1, 0.15) is 0 Å². The van der Waals surface area contributed by atoms with Crippen LogP contribution in [0.1, 0.15) is 12.8 Å². The molecule has 0 saturated heterocycles. The first kappa shape index (κ1) is 11.7. The van der Waals surface area contributed by atoms with Gasteiger partial charge in [0.25, 0.3) is 0 Å². The molecule has 0 heterocycles. The Hall–Kier alpha value is -0.423. The van der Waals surface area contributed by atoms with Gasteiger partial charge in [0.05, 0.1) is 0 Å². The predicted molar refractivity (Wildman–Crippen MR) is 60.2 cm³/mol. The van der Waals surface area contributed by atoms with Crippen LogP contribution in [0.3, 0.4) is 0 Å². The Labute approximate surface area is 86.4 Å². The van der Waals surface area contributed by atoms with E-state index in [1.54, 1.807) is 6.55 Å². The van der Waals surface area contributed by atoms with Crippen LogP contribution in [0, 0.1) is 0 Å².